The highest BCUT2D eigenvalue weighted by molar-refractivity contribution is 6.05. The summed E-state index contributed by atoms with van der Waals surface area (Å²) in [6.07, 6.45) is 3.83. The van der Waals surface area contributed by atoms with Crippen molar-refractivity contribution in [1.29, 1.82) is 0 Å². The molecule has 0 radical (unpaired) electrons. The van der Waals surface area contributed by atoms with Crippen molar-refractivity contribution in [3.8, 4) is 0 Å². The van der Waals surface area contributed by atoms with Crippen LogP contribution in [0.25, 0.3) is 0 Å². The second kappa shape index (κ2) is 10.4. The predicted molar refractivity (Wildman–Crippen MR) is 129 cm³/mol. The lowest BCUT2D eigenvalue weighted by atomic mass is 9.97. The Kier molecular flexibility index (Phi) is 7.12. The maximum atomic E-state index is 13.6. The molecule has 0 spiro atoms. The van der Waals surface area contributed by atoms with Crippen molar-refractivity contribution in [3.05, 3.63) is 83.6 Å². The Morgan fingerprint density at radius 3 is 2.66 bits per heavy atom. The van der Waals surface area contributed by atoms with E-state index < -0.39 is 0 Å². The molecule has 1 aliphatic heterocycles. The van der Waals surface area contributed by atoms with Crippen LogP contribution in [0, 0.1) is 12.8 Å². The lowest BCUT2D eigenvalue weighted by Crippen LogP contribution is -2.40. The van der Waals surface area contributed by atoms with Crippen LogP contribution >= 0.6 is 0 Å². The molecular weight excluding hydrogens is 398 g/mol. The average Bonchev–Trinajstić information content (AvgIpc) is 2.83. The smallest absolute Gasteiger partial charge is 0.259 e. The van der Waals surface area contributed by atoms with Crippen LogP contribution in [0.5, 0.6) is 0 Å². The summed E-state index contributed by atoms with van der Waals surface area (Å²) in [6, 6.07) is 19.8. The van der Waals surface area contributed by atoms with Crippen LogP contribution in [-0.2, 0) is 0 Å². The summed E-state index contributed by atoms with van der Waals surface area (Å²) >= 11 is 0. The molecule has 0 bridgehead atoms. The number of amides is 1. The first-order valence-corrected chi connectivity index (χ1v) is 11.3. The van der Waals surface area contributed by atoms with E-state index in [2.05, 4.69) is 34.7 Å². The first kappa shape index (κ1) is 22.0. The summed E-state index contributed by atoms with van der Waals surface area (Å²) in [7, 11) is 0. The number of carbonyl (C=O) groups is 1. The van der Waals surface area contributed by atoms with E-state index in [0.717, 1.165) is 37.1 Å². The zero-order valence-electron chi connectivity index (χ0n) is 18.8. The van der Waals surface area contributed by atoms with Crippen LogP contribution in [0.3, 0.4) is 0 Å². The zero-order chi connectivity index (χ0) is 22.3. The summed E-state index contributed by atoms with van der Waals surface area (Å²) in [6.45, 7) is 6.71. The highest BCUT2D eigenvalue weighted by atomic mass is 16.2. The van der Waals surface area contributed by atoms with Crippen LogP contribution in [0.1, 0.15) is 47.3 Å². The molecule has 4 rings (SSSR count). The van der Waals surface area contributed by atoms with Crippen molar-refractivity contribution in [1.82, 2.24) is 15.3 Å². The van der Waals surface area contributed by atoms with Crippen LogP contribution in [-0.4, -0.2) is 35.5 Å². The van der Waals surface area contributed by atoms with Gasteiger partial charge in [0.15, 0.2) is 0 Å². The standard InChI is InChI=1S/C26H31N5O/c1-19-7-6-10-23(17-19)25(32)31(18-21-11-14-27-15-12-21)24-13-16-28-26(30-24)29-20(2)22-8-4-3-5-9-22/h3-10,13,16-17,20-21,27H,11-12,14-15,18H2,1-2H3,(H,28,29,30)/t20-/m0/s1. The molecule has 0 saturated carbocycles. The maximum absolute atomic E-state index is 13.6. The van der Waals surface area contributed by atoms with Gasteiger partial charge in [0.25, 0.3) is 5.91 Å². The number of hydrogen-bond acceptors (Lipinski definition) is 5. The van der Waals surface area contributed by atoms with Crippen molar-refractivity contribution < 1.29 is 4.79 Å². The first-order valence-electron chi connectivity index (χ1n) is 11.3. The fourth-order valence-corrected chi connectivity index (χ4v) is 4.12. The summed E-state index contributed by atoms with van der Waals surface area (Å²) < 4.78 is 0. The second-order valence-electron chi connectivity index (χ2n) is 8.49. The number of carbonyl (C=O) groups excluding carboxylic acids is 1. The molecule has 1 aliphatic rings. The summed E-state index contributed by atoms with van der Waals surface area (Å²) in [4.78, 5) is 24.5. The number of aryl methyl sites for hydroxylation is 1. The van der Waals surface area contributed by atoms with Gasteiger partial charge in [-0.1, -0.05) is 48.0 Å². The summed E-state index contributed by atoms with van der Waals surface area (Å²) in [5.74, 6) is 1.58. The third-order valence-corrected chi connectivity index (χ3v) is 5.97. The predicted octanol–water partition coefficient (Wildman–Crippen LogP) is 4.60. The number of rotatable bonds is 7. The molecule has 2 N–H and O–H groups in total. The monoisotopic (exact) mass is 429 g/mol. The Morgan fingerprint density at radius 1 is 1.12 bits per heavy atom. The van der Waals surface area contributed by atoms with Crippen molar-refractivity contribution in [2.24, 2.45) is 5.92 Å². The van der Waals surface area contributed by atoms with E-state index in [4.69, 9.17) is 4.98 Å². The molecule has 1 aromatic heterocycles. The Morgan fingerprint density at radius 2 is 1.91 bits per heavy atom. The van der Waals surface area contributed by atoms with Gasteiger partial charge in [0.1, 0.15) is 5.82 Å². The topological polar surface area (TPSA) is 70.2 Å². The highest BCUT2D eigenvalue weighted by Gasteiger charge is 2.25. The summed E-state index contributed by atoms with van der Waals surface area (Å²) in [5, 5.41) is 6.78. The number of nitrogens with one attached hydrogen (secondary N) is 2. The fraction of sp³-hybridized carbons (Fsp3) is 0.346. The zero-order valence-corrected chi connectivity index (χ0v) is 18.8. The number of piperidine rings is 1. The number of anilines is 2. The summed E-state index contributed by atoms with van der Waals surface area (Å²) in [5.41, 5.74) is 2.91. The molecular formula is C26H31N5O. The molecule has 2 aromatic carbocycles. The molecule has 0 aliphatic carbocycles. The van der Waals surface area contributed by atoms with E-state index in [9.17, 15) is 4.79 Å². The number of aromatic nitrogens is 2. The Hall–Kier alpha value is -3.25. The maximum Gasteiger partial charge on any atom is 0.259 e. The molecule has 1 fully saturated rings. The average molecular weight is 430 g/mol. The van der Waals surface area contributed by atoms with E-state index in [-0.39, 0.29) is 11.9 Å². The largest absolute Gasteiger partial charge is 0.348 e. The lowest BCUT2D eigenvalue weighted by molar-refractivity contribution is 0.0980. The van der Waals surface area contributed by atoms with E-state index in [1.807, 2.05) is 60.4 Å². The minimum atomic E-state index is -0.0204. The molecule has 6 heteroatoms. The van der Waals surface area contributed by atoms with Crippen LogP contribution in [0.2, 0.25) is 0 Å². The third kappa shape index (κ3) is 5.51. The van der Waals surface area contributed by atoms with Gasteiger partial charge >= 0.3 is 0 Å². The minimum absolute atomic E-state index is 0.0204. The SMILES string of the molecule is Cc1cccc(C(=O)N(CC2CCNCC2)c2ccnc(N[C@@H](C)c3ccccc3)n2)c1. The van der Waals surface area contributed by atoms with E-state index in [1.165, 1.54) is 0 Å². The Labute approximate surface area is 190 Å². The lowest BCUT2D eigenvalue weighted by Gasteiger charge is -2.30. The van der Waals surface area contributed by atoms with Gasteiger partial charge in [0.2, 0.25) is 5.95 Å². The van der Waals surface area contributed by atoms with Crippen LogP contribution in [0.4, 0.5) is 11.8 Å². The van der Waals surface area contributed by atoms with Crippen molar-refractivity contribution >= 4 is 17.7 Å². The molecule has 1 amide bonds. The van der Waals surface area contributed by atoms with Gasteiger partial charge < -0.3 is 10.6 Å². The molecule has 6 nitrogen and oxygen atoms in total. The van der Waals surface area contributed by atoms with Gasteiger partial charge in [-0.05, 0) is 69.5 Å². The second-order valence-corrected chi connectivity index (χ2v) is 8.49. The first-order chi connectivity index (χ1) is 15.6. The molecule has 3 aromatic rings. The third-order valence-electron chi connectivity index (χ3n) is 5.97. The number of nitrogens with zero attached hydrogens (tertiary/aromatic N) is 3. The highest BCUT2D eigenvalue weighted by Crippen LogP contribution is 2.23. The van der Waals surface area contributed by atoms with Gasteiger partial charge in [-0.3, -0.25) is 9.69 Å². The van der Waals surface area contributed by atoms with Gasteiger partial charge in [-0.15, -0.1) is 0 Å². The molecule has 2 heterocycles. The molecule has 1 saturated heterocycles. The minimum Gasteiger partial charge on any atom is -0.348 e. The number of benzene rings is 2. The van der Waals surface area contributed by atoms with Gasteiger partial charge in [0.05, 0.1) is 6.04 Å². The van der Waals surface area contributed by atoms with Crippen molar-refractivity contribution in [3.63, 3.8) is 0 Å². The van der Waals surface area contributed by atoms with Gasteiger partial charge in [-0.2, -0.15) is 4.98 Å². The fourth-order valence-electron chi connectivity index (χ4n) is 4.12. The Balaban J connectivity index is 1.60. The van der Waals surface area contributed by atoms with Crippen LogP contribution in [0.15, 0.2) is 66.9 Å². The Bertz CT molecular complexity index is 1030. The van der Waals surface area contributed by atoms with E-state index >= 15 is 0 Å². The van der Waals surface area contributed by atoms with E-state index in [1.54, 1.807) is 6.20 Å². The van der Waals surface area contributed by atoms with Crippen molar-refractivity contribution in [2.45, 2.75) is 32.7 Å². The molecule has 32 heavy (non-hydrogen) atoms. The number of hydrogen-bond donors (Lipinski definition) is 2. The van der Waals surface area contributed by atoms with Crippen molar-refractivity contribution in [2.75, 3.05) is 29.9 Å². The molecule has 166 valence electrons. The molecule has 0 unspecified atom stereocenters. The van der Waals surface area contributed by atoms with Crippen LogP contribution < -0.4 is 15.5 Å². The van der Waals surface area contributed by atoms with Gasteiger partial charge in [0, 0.05) is 18.3 Å². The normalized spacial score (nSPS) is 15.2. The quantitative estimate of drug-likeness (QED) is 0.574. The molecule has 1 atom stereocenters. The van der Waals surface area contributed by atoms with E-state index in [0.29, 0.717) is 29.8 Å². The van der Waals surface area contributed by atoms with Gasteiger partial charge in [-0.25, -0.2) is 4.98 Å².